The van der Waals surface area contributed by atoms with Crippen molar-refractivity contribution in [3.63, 3.8) is 0 Å². The number of carbonyl (C=O) groups is 4. The normalized spacial score (nSPS) is 16.7. The van der Waals surface area contributed by atoms with Gasteiger partial charge in [-0.15, -0.1) is 0 Å². The van der Waals surface area contributed by atoms with Gasteiger partial charge in [0.05, 0.1) is 0 Å². The van der Waals surface area contributed by atoms with E-state index >= 15 is 0 Å². The van der Waals surface area contributed by atoms with Crippen LogP contribution in [0, 0.1) is 0 Å². The van der Waals surface area contributed by atoms with Crippen LogP contribution < -0.4 is 10.6 Å². The number of carbonyl (C=O) groups excluding carboxylic acids is 4. The highest BCUT2D eigenvalue weighted by Gasteiger charge is 2.28. The Hall–Kier alpha value is -2.24. The van der Waals surface area contributed by atoms with Gasteiger partial charge < -0.3 is 10.1 Å². The zero-order valence-electron chi connectivity index (χ0n) is 16.7. The van der Waals surface area contributed by atoms with Gasteiger partial charge in [0.1, 0.15) is 12.8 Å². The summed E-state index contributed by atoms with van der Waals surface area (Å²) in [6.45, 7) is 15.7. The average molecular weight is 354 g/mol. The van der Waals surface area contributed by atoms with E-state index in [1.54, 1.807) is 6.92 Å². The van der Waals surface area contributed by atoms with Gasteiger partial charge in [-0.05, 0) is 32.8 Å². The van der Waals surface area contributed by atoms with Crippen molar-refractivity contribution in [3.05, 3.63) is 23.3 Å². The molecule has 0 aromatic carbocycles. The Bertz CT molecular complexity index is 468. The number of nitrogens with one attached hydrogen (secondary N) is 2. The molecule has 0 aromatic rings. The first kappa shape index (κ1) is 27.6. The molecule has 1 heterocycles. The van der Waals surface area contributed by atoms with Crippen LogP contribution in [0.5, 0.6) is 0 Å². The van der Waals surface area contributed by atoms with Crippen LogP contribution in [0.25, 0.3) is 0 Å². The van der Waals surface area contributed by atoms with Crippen LogP contribution in [-0.2, 0) is 19.2 Å². The molecule has 144 valence electrons. The Balaban J connectivity index is -0.000000605. The van der Waals surface area contributed by atoms with Gasteiger partial charge in [0.25, 0.3) is 0 Å². The van der Waals surface area contributed by atoms with Gasteiger partial charge in [0.2, 0.25) is 17.7 Å². The fraction of sp³-hybridized carbons (Fsp3) is 0.579. The molecule has 0 radical (unpaired) electrons. The summed E-state index contributed by atoms with van der Waals surface area (Å²) in [6.07, 6.45) is 5.54. The highest BCUT2D eigenvalue weighted by Crippen LogP contribution is 2.08. The number of allylic oxidation sites excluding steroid dienone is 3. The van der Waals surface area contributed by atoms with Gasteiger partial charge in [-0.3, -0.25) is 19.7 Å². The Kier molecular flexibility index (Phi) is 20.0. The van der Waals surface area contributed by atoms with Crippen LogP contribution in [0.15, 0.2) is 23.3 Å². The van der Waals surface area contributed by atoms with Crippen LogP contribution in [0.3, 0.4) is 0 Å². The van der Waals surface area contributed by atoms with E-state index in [0.29, 0.717) is 12.0 Å². The maximum atomic E-state index is 11.9. The van der Waals surface area contributed by atoms with Gasteiger partial charge in [-0.1, -0.05) is 46.3 Å². The van der Waals surface area contributed by atoms with E-state index in [0.717, 1.165) is 5.57 Å². The first-order valence-corrected chi connectivity index (χ1v) is 8.60. The minimum absolute atomic E-state index is 0.257. The maximum absolute atomic E-state index is 11.9. The van der Waals surface area contributed by atoms with Crippen molar-refractivity contribution in [1.29, 1.82) is 0 Å². The number of piperidine rings is 1. The summed E-state index contributed by atoms with van der Waals surface area (Å²) in [6, 6.07) is -0.622. The summed E-state index contributed by atoms with van der Waals surface area (Å²) in [5.41, 5.74) is 1.42. The van der Waals surface area contributed by atoms with Gasteiger partial charge >= 0.3 is 0 Å². The van der Waals surface area contributed by atoms with E-state index < -0.39 is 11.9 Å². The summed E-state index contributed by atoms with van der Waals surface area (Å²) in [7, 11) is 0. The molecular weight excluding hydrogens is 320 g/mol. The average Bonchev–Trinajstić information content (AvgIpc) is 2.61. The van der Waals surface area contributed by atoms with Gasteiger partial charge in [-0.2, -0.15) is 0 Å². The molecule has 1 atom stereocenters. The van der Waals surface area contributed by atoms with Crippen molar-refractivity contribution in [2.24, 2.45) is 0 Å². The van der Waals surface area contributed by atoms with Crippen molar-refractivity contribution in [2.45, 2.75) is 73.8 Å². The largest absolute Gasteiger partial charge is 0.340 e. The van der Waals surface area contributed by atoms with Gasteiger partial charge in [0.15, 0.2) is 0 Å². The Morgan fingerprint density at radius 3 is 2.12 bits per heavy atom. The van der Waals surface area contributed by atoms with Crippen LogP contribution in [-0.4, -0.2) is 30.6 Å². The third kappa shape index (κ3) is 12.8. The predicted octanol–water partition coefficient (Wildman–Crippen LogP) is 3.08. The molecule has 0 saturated carbocycles. The lowest BCUT2D eigenvalue weighted by Gasteiger charge is -2.22. The van der Waals surface area contributed by atoms with Crippen molar-refractivity contribution < 1.29 is 19.2 Å². The number of imide groups is 1. The van der Waals surface area contributed by atoms with Gasteiger partial charge in [-0.25, -0.2) is 0 Å². The van der Waals surface area contributed by atoms with Crippen LogP contribution in [0.1, 0.15) is 67.7 Å². The first-order valence-electron chi connectivity index (χ1n) is 8.60. The molecule has 25 heavy (non-hydrogen) atoms. The Morgan fingerprint density at radius 1 is 1.24 bits per heavy atom. The van der Waals surface area contributed by atoms with Gasteiger partial charge in [0, 0.05) is 12.0 Å². The fourth-order valence-corrected chi connectivity index (χ4v) is 1.65. The number of rotatable bonds is 3. The summed E-state index contributed by atoms with van der Waals surface area (Å²) in [5, 5.41) is 4.84. The van der Waals surface area contributed by atoms with E-state index in [1.165, 1.54) is 6.42 Å². The number of amides is 3. The van der Waals surface area contributed by atoms with E-state index in [4.69, 9.17) is 4.79 Å². The lowest BCUT2D eigenvalue weighted by atomic mass is 10.0. The molecule has 0 aromatic heterocycles. The molecule has 1 saturated heterocycles. The number of hydrogen-bond acceptors (Lipinski definition) is 4. The lowest BCUT2D eigenvalue weighted by molar-refractivity contribution is -0.136. The fourth-order valence-electron chi connectivity index (χ4n) is 1.65. The number of hydrogen-bond donors (Lipinski definition) is 2. The molecule has 1 rings (SSSR count). The minimum atomic E-state index is -0.622. The summed E-state index contributed by atoms with van der Waals surface area (Å²) in [5.74, 6) is -1.00. The smallest absolute Gasteiger partial charge is 0.249 e. The summed E-state index contributed by atoms with van der Waals surface area (Å²) in [4.78, 5) is 42.3. The molecule has 1 fully saturated rings. The molecular formula is C19H34N2O4. The highest BCUT2D eigenvalue weighted by atomic mass is 16.2. The summed E-state index contributed by atoms with van der Waals surface area (Å²) >= 11 is 0. The molecule has 3 amide bonds. The summed E-state index contributed by atoms with van der Waals surface area (Å²) < 4.78 is 0. The third-order valence-corrected chi connectivity index (χ3v) is 2.89. The molecule has 2 N–H and O–H groups in total. The van der Waals surface area contributed by atoms with Crippen LogP contribution >= 0.6 is 0 Å². The van der Waals surface area contributed by atoms with E-state index in [2.05, 4.69) is 24.5 Å². The molecule has 0 spiro atoms. The topological polar surface area (TPSA) is 92.3 Å². The molecule has 6 nitrogen and oxygen atoms in total. The van der Waals surface area contributed by atoms with Crippen LogP contribution in [0.4, 0.5) is 0 Å². The second kappa shape index (κ2) is 18.1. The Morgan fingerprint density at radius 2 is 1.72 bits per heavy atom. The quantitative estimate of drug-likeness (QED) is 0.463. The molecule has 1 aliphatic heterocycles. The monoisotopic (exact) mass is 354 g/mol. The zero-order chi connectivity index (χ0) is 20.4. The standard InChI is InChI=1S/C13H18N2O3.C3H8.C2H6.CH2O/c1-4-5-8(2)9(3)12(17)14-10-6-7-11(16)15-13(10)18;1-3-2;2*1-2/h4-5,10H,6-7H2,1-3H3,(H,14,17)(H,15,16,18);3H2,1-2H3;1-2H3;1H2/b5-4-,9-8+;;;. The second-order valence-corrected chi connectivity index (χ2v) is 4.99. The SMILES string of the molecule is C/C=C\C(C)=C(/C)C(=O)NC1CCC(=O)NC1=O.C=O.CC.CCC. The molecule has 1 aliphatic rings. The first-order chi connectivity index (χ1) is 11.9. The maximum Gasteiger partial charge on any atom is 0.249 e. The van der Waals surface area contributed by atoms with Crippen LogP contribution in [0.2, 0.25) is 0 Å². The predicted molar refractivity (Wildman–Crippen MR) is 102 cm³/mol. The van der Waals surface area contributed by atoms with Crippen molar-refractivity contribution in [1.82, 2.24) is 10.6 Å². The molecule has 0 aliphatic carbocycles. The van der Waals surface area contributed by atoms with Crippen molar-refractivity contribution >= 4 is 24.5 Å². The zero-order valence-corrected chi connectivity index (χ0v) is 16.7. The molecule has 1 unspecified atom stereocenters. The molecule has 0 bridgehead atoms. The molecule has 6 heteroatoms. The highest BCUT2D eigenvalue weighted by molar-refractivity contribution is 6.03. The second-order valence-electron chi connectivity index (χ2n) is 4.99. The van der Waals surface area contributed by atoms with Crippen molar-refractivity contribution in [2.75, 3.05) is 0 Å². The van der Waals surface area contributed by atoms with E-state index in [1.807, 2.05) is 46.6 Å². The van der Waals surface area contributed by atoms with Crippen molar-refractivity contribution in [3.8, 4) is 0 Å². The lowest BCUT2D eigenvalue weighted by Crippen LogP contribution is -2.52. The van der Waals surface area contributed by atoms with E-state index in [-0.39, 0.29) is 18.2 Å². The minimum Gasteiger partial charge on any atom is -0.340 e. The van der Waals surface area contributed by atoms with E-state index in [9.17, 15) is 14.4 Å². The Labute approximate surface area is 152 Å². The third-order valence-electron chi connectivity index (χ3n) is 2.89.